The number of hydrogen-bond donors (Lipinski definition) is 1. The lowest BCUT2D eigenvalue weighted by Gasteiger charge is -2.32. The van der Waals surface area contributed by atoms with E-state index >= 15 is 0 Å². The minimum Gasteiger partial charge on any atom is -0.348 e. The number of halogens is 3. The van der Waals surface area contributed by atoms with Crippen LogP contribution in [0.15, 0.2) is 36.4 Å². The van der Waals surface area contributed by atoms with Crippen LogP contribution in [0, 0.1) is 12.8 Å². The van der Waals surface area contributed by atoms with Gasteiger partial charge in [0.1, 0.15) is 0 Å². The predicted octanol–water partition coefficient (Wildman–Crippen LogP) is 5.32. The van der Waals surface area contributed by atoms with Crippen molar-refractivity contribution < 1.29 is 18.0 Å². The molecule has 1 saturated heterocycles. The van der Waals surface area contributed by atoms with Crippen molar-refractivity contribution in [2.24, 2.45) is 5.92 Å². The van der Waals surface area contributed by atoms with Crippen LogP contribution in [-0.2, 0) is 6.18 Å². The molecule has 0 unspecified atom stereocenters. The van der Waals surface area contributed by atoms with Gasteiger partial charge in [-0.2, -0.15) is 13.2 Å². The largest absolute Gasteiger partial charge is 0.417 e. The average molecular weight is 434 g/mol. The molecule has 0 aliphatic carbocycles. The number of pyridine rings is 1. The zero-order valence-corrected chi connectivity index (χ0v) is 18.3. The summed E-state index contributed by atoms with van der Waals surface area (Å²) in [4.78, 5) is 19.7. The second-order valence-electron chi connectivity index (χ2n) is 8.61. The van der Waals surface area contributed by atoms with Gasteiger partial charge in [0.2, 0.25) is 0 Å². The van der Waals surface area contributed by atoms with E-state index < -0.39 is 11.7 Å². The first-order chi connectivity index (χ1) is 14.6. The molecule has 1 aromatic heterocycles. The van der Waals surface area contributed by atoms with Crippen LogP contribution >= 0.6 is 0 Å². The maximum absolute atomic E-state index is 13.5. The molecule has 1 N–H and O–H groups in total. The van der Waals surface area contributed by atoms with Gasteiger partial charge in [-0.3, -0.25) is 9.78 Å². The molecule has 2 aromatic rings. The molecule has 1 atom stereocenters. The SMILES string of the molecule is Cc1cc(C(=O)N[C@@H](CN2CCCCC2)C(C)C)cc(-c2ccccc2C(F)(F)F)n1. The molecular formula is C24H30F3N3O. The number of benzene rings is 1. The normalized spacial score (nSPS) is 16.4. The highest BCUT2D eigenvalue weighted by atomic mass is 19.4. The summed E-state index contributed by atoms with van der Waals surface area (Å²) in [6.45, 7) is 8.66. The van der Waals surface area contributed by atoms with Gasteiger partial charge in [0.25, 0.3) is 5.91 Å². The van der Waals surface area contributed by atoms with Crippen LogP contribution in [0.1, 0.15) is 54.7 Å². The van der Waals surface area contributed by atoms with Crippen LogP contribution in [-0.4, -0.2) is 41.5 Å². The summed E-state index contributed by atoms with van der Waals surface area (Å²) >= 11 is 0. The van der Waals surface area contributed by atoms with Gasteiger partial charge in [-0.15, -0.1) is 0 Å². The highest BCUT2D eigenvalue weighted by Crippen LogP contribution is 2.36. The van der Waals surface area contributed by atoms with Crippen molar-refractivity contribution in [3.8, 4) is 11.3 Å². The van der Waals surface area contributed by atoms with E-state index in [2.05, 4.69) is 29.0 Å². The monoisotopic (exact) mass is 433 g/mol. The Labute approximate surface area is 181 Å². The summed E-state index contributed by atoms with van der Waals surface area (Å²) in [7, 11) is 0. The van der Waals surface area contributed by atoms with E-state index in [-0.39, 0.29) is 29.1 Å². The van der Waals surface area contributed by atoms with Crippen molar-refractivity contribution in [1.82, 2.24) is 15.2 Å². The number of carbonyl (C=O) groups is 1. The Bertz CT molecular complexity index is 905. The fourth-order valence-corrected chi connectivity index (χ4v) is 3.99. The number of amides is 1. The van der Waals surface area contributed by atoms with Crippen molar-refractivity contribution >= 4 is 5.91 Å². The maximum atomic E-state index is 13.5. The van der Waals surface area contributed by atoms with Crippen LogP contribution < -0.4 is 5.32 Å². The van der Waals surface area contributed by atoms with E-state index in [4.69, 9.17) is 0 Å². The molecule has 1 aliphatic heterocycles. The molecule has 0 spiro atoms. The van der Waals surface area contributed by atoms with Crippen LogP contribution in [0.4, 0.5) is 13.2 Å². The van der Waals surface area contributed by atoms with Crippen molar-refractivity contribution in [2.75, 3.05) is 19.6 Å². The van der Waals surface area contributed by atoms with Crippen LogP contribution in [0.5, 0.6) is 0 Å². The number of carbonyl (C=O) groups excluding carboxylic acids is 1. The zero-order valence-electron chi connectivity index (χ0n) is 18.3. The molecule has 3 rings (SSSR count). The van der Waals surface area contributed by atoms with Crippen LogP contribution in [0.25, 0.3) is 11.3 Å². The topological polar surface area (TPSA) is 45.2 Å². The summed E-state index contributed by atoms with van der Waals surface area (Å²) in [5.41, 5.74) is 0.182. The average Bonchev–Trinajstić information content (AvgIpc) is 2.73. The Balaban J connectivity index is 1.85. The minimum absolute atomic E-state index is 0.0264. The second-order valence-corrected chi connectivity index (χ2v) is 8.61. The molecule has 1 fully saturated rings. The quantitative estimate of drug-likeness (QED) is 0.671. The lowest BCUT2D eigenvalue weighted by molar-refractivity contribution is -0.137. The van der Waals surface area contributed by atoms with Crippen molar-refractivity contribution in [3.63, 3.8) is 0 Å². The number of aromatic nitrogens is 1. The highest BCUT2D eigenvalue weighted by Gasteiger charge is 2.34. The van der Waals surface area contributed by atoms with E-state index in [9.17, 15) is 18.0 Å². The predicted molar refractivity (Wildman–Crippen MR) is 116 cm³/mol. The van der Waals surface area contributed by atoms with Gasteiger partial charge in [0.05, 0.1) is 11.3 Å². The number of likely N-dealkylation sites (tertiary alicyclic amines) is 1. The molecule has 4 nitrogen and oxygen atoms in total. The summed E-state index contributed by atoms with van der Waals surface area (Å²) in [6, 6.07) is 8.35. The fraction of sp³-hybridized carbons (Fsp3) is 0.500. The Morgan fingerprint density at radius 1 is 1.13 bits per heavy atom. The molecule has 168 valence electrons. The summed E-state index contributed by atoms with van der Waals surface area (Å²) < 4.78 is 40.4. The number of rotatable bonds is 6. The number of nitrogens with zero attached hydrogens (tertiary/aromatic N) is 2. The third kappa shape index (κ3) is 6.06. The van der Waals surface area contributed by atoms with E-state index in [1.807, 2.05) is 0 Å². The summed E-state index contributed by atoms with van der Waals surface area (Å²) in [5.74, 6) is -0.0498. The lowest BCUT2D eigenvalue weighted by Crippen LogP contribution is -2.48. The molecule has 1 aliphatic rings. The van der Waals surface area contributed by atoms with Crippen LogP contribution in [0.2, 0.25) is 0 Å². The number of aryl methyl sites for hydroxylation is 1. The Morgan fingerprint density at radius 2 is 1.81 bits per heavy atom. The molecule has 1 amide bonds. The standard InChI is InChI=1S/C24H30F3N3O/c1-16(2)22(15-30-11-7-4-8-12-30)29-23(31)18-13-17(3)28-21(14-18)19-9-5-6-10-20(19)24(25,26)27/h5-6,9-10,13-14,16,22H,4,7-8,11-12,15H2,1-3H3,(H,29,31)/t22-/m0/s1. The Morgan fingerprint density at radius 3 is 2.45 bits per heavy atom. The van der Waals surface area contributed by atoms with Gasteiger partial charge in [0.15, 0.2) is 0 Å². The number of piperidine rings is 1. The van der Waals surface area contributed by atoms with Gasteiger partial charge in [-0.25, -0.2) is 0 Å². The summed E-state index contributed by atoms with van der Waals surface area (Å²) in [5, 5.41) is 3.10. The minimum atomic E-state index is -4.50. The molecule has 7 heteroatoms. The fourth-order valence-electron chi connectivity index (χ4n) is 3.99. The third-order valence-electron chi connectivity index (χ3n) is 5.75. The molecule has 2 heterocycles. The highest BCUT2D eigenvalue weighted by molar-refractivity contribution is 5.95. The number of alkyl halides is 3. The van der Waals surface area contributed by atoms with E-state index in [0.29, 0.717) is 11.3 Å². The number of hydrogen-bond acceptors (Lipinski definition) is 3. The van der Waals surface area contributed by atoms with Crippen LogP contribution in [0.3, 0.4) is 0 Å². The maximum Gasteiger partial charge on any atom is 0.417 e. The Hall–Kier alpha value is -2.41. The van der Waals surface area contributed by atoms with Gasteiger partial charge < -0.3 is 10.2 Å². The van der Waals surface area contributed by atoms with Gasteiger partial charge in [0, 0.05) is 29.4 Å². The smallest absolute Gasteiger partial charge is 0.348 e. The second kappa shape index (κ2) is 9.81. The molecule has 31 heavy (non-hydrogen) atoms. The van der Waals surface area contributed by atoms with Gasteiger partial charge in [-0.05, 0) is 57.0 Å². The van der Waals surface area contributed by atoms with Gasteiger partial charge >= 0.3 is 6.18 Å². The van der Waals surface area contributed by atoms with Gasteiger partial charge in [-0.1, -0.05) is 38.5 Å². The molecule has 0 saturated carbocycles. The van der Waals surface area contributed by atoms with Crippen molar-refractivity contribution in [1.29, 1.82) is 0 Å². The molecular weight excluding hydrogens is 403 g/mol. The van der Waals surface area contributed by atoms with E-state index in [1.165, 1.54) is 37.5 Å². The molecule has 1 aromatic carbocycles. The van der Waals surface area contributed by atoms with Crippen molar-refractivity contribution in [2.45, 2.75) is 52.3 Å². The first-order valence-corrected chi connectivity index (χ1v) is 10.8. The first kappa shape index (κ1) is 23.3. The van der Waals surface area contributed by atoms with E-state index in [1.54, 1.807) is 19.1 Å². The van der Waals surface area contributed by atoms with E-state index in [0.717, 1.165) is 25.7 Å². The van der Waals surface area contributed by atoms with Crippen molar-refractivity contribution in [3.05, 3.63) is 53.2 Å². The number of nitrogens with one attached hydrogen (secondary N) is 1. The zero-order chi connectivity index (χ0) is 22.6. The molecule has 0 radical (unpaired) electrons. The lowest BCUT2D eigenvalue weighted by atomic mass is 10.00. The third-order valence-corrected chi connectivity index (χ3v) is 5.75. The molecule has 0 bridgehead atoms. The first-order valence-electron chi connectivity index (χ1n) is 10.8. The Kier molecular flexibility index (Phi) is 7.36. The summed E-state index contributed by atoms with van der Waals surface area (Å²) in [6.07, 6.45) is -0.913.